The molecule has 8 nitrogen and oxygen atoms in total. The van der Waals surface area contributed by atoms with E-state index in [0.717, 1.165) is 80.0 Å². The average molecular weight is 515 g/mol. The van der Waals surface area contributed by atoms with Crippen LogP contribution >= 0.6 is 0 Å². The highest BCUT2D eigenvalue weighted by Crippen LogP contribution is 2.26. The van der Waals surface area contributed by atoms with Gasteiger partial charge in [-0.15, -0.1) is 0 Å². The van der Waals surface area contributed by atoms with Crippen molar-refractivity contribution in [1.29, 1.82) is 0 Å². The van der Waals surface area contributed by atoms with Gasteiger partial charge in [-0.05, 0) is 87.1 Å². The molecule has 2 N–H and O–H groups in total. The zero-order chi connectivity index (χ0) is 26.9. The Kier molecular flexibility index (Phi) is 9.32. The lowest BCUT2D eigenvalue weighted by Gasteiger charge is -2.38. The molecule has 3 aromatic rings. The number of hydrogen-bond acceptors (Lipinski definition) is 6. The number of fused-ring (bicyclic) bond motifs is 1. The smallest absolute Gasteiger partial charge is 0.253 e. The topological polar surface area (TPSA) is 82.0 Å². The Morgan fingerprint density at radius 2 is 1.89 bits per heavy atom. The van der Waals surface area contributed by atoms with Crippen LogP contribution in [0, 0.1) is 0 Å². The molecule has 2 aromatic heterocycles. The fourth-order valence-corrected chi connectivity index (χ4v) is 5.17. The number of rotatable bonds is 11. The summed E-state index contributed by atoms with van der Waals surface area (Å²) in [5, 5.41) is 6.38. The molecule has 3 heterocycles. The van der Waals surface area contributed by atoms with Crippen LogP contribution in [-0.4, -0.2) is 70.6 Å². The number of allylic oxidation sites excluding steroid dienone is 3. The summed E-state index contributed by atoms with van der Waals surface area (Å²) in [6.45, 7) is 8.25. The number of benzene rings is 1. The second-order valence-corrected chi connectivity index (χ2v) is 9.49. The van der Waals surface area contributed by atoms with Gasteiger partial charge in [-0.25, -0.2) is 4.98 Å². The number of pyridine rings is 1. The first kappa shape index (κ1) is 27.1. The second kappa shape index (κ2) is 13.1. The molecule has 0 unspecified atom stereocenters. The molecular formula is C30H38N6O2. The molecule has 1 aliphatic heterocycles. The van der Waals surface area contributed by atoms with Crippen molar-refractivity contribution in [1.82, 2.24) is 24.5 Å². The zero-order valence-electron chi connectivity index (χ0n) is 22.6. The molecule has 1 aromatic carbocycles. The number of likely N-dealkylation sites (tertiary alicyclic amines) is 1. The molecule has 200 valence electrons. The van der Waals surface area contributed by atoms with Crippen molar-refractivity contribution in [2.75, 3.05) is 38.5 Å². The number of imidazole rings is 1. The van der Waals surface area contributed by atoms with E-state index < -0.39 is 0 Å². The van der Waals surface area contributed by atoms with Crippen LogP contribution in [0.4, 0.5) is 11.4 Å². The summed E-state index contributed by atoms with van der Waals surface area (Å²) in [6.07, 6.45) is 12.8. The molecule has 1 amide bonds. The minimum absolute atomic E-state index is 0.0951. The first-order chi connectivity index (χ1) is 18.6. The number of amides is 1. The lowest BCUT2D eigenvalue weighted by Crippen LogP contribution is -2.46. The van der Waals surface area contributed by atoms with E-state index >= 15 is 0 Å². The van der Waals surface area contributed by atoms with Crippen molar-refractivity contribution in [3.05, 3.63) is 78.4 Å². The third kappa shape index (κ3) is 6.14. The van der Waals surface area contributed by atoms with Crippen molar-refractivity contribution in [3.8, 4) is 0 Å². The Morgan fingerprint density at radius 3 is 2.55 bits per heavy atom. The number of nitrogens with zero attached hydrogens (tertiary/aromatic N) is 4. The van der Waals surface area contributed by atoms with E-state index in [1.54, 1.807) is 12.4 Å². The Morgan fingerprint density at radius 1 is 1.13 bits per heavy atom. The van der Waals surface area contributed by atoms with Crippen LogP contribution in [-0.2, 0) is 4.79 Å². The molecule has 1 saturated heterocycles. The van der Waals surface area contributed by atoms with Crippen LogP contribution in [0.15, 0.2) is 67.1 Å². The van der Waals surface area contributed by atoms with Crippen molar-refractivity contribution in [3.63, 3.8) is 0 Å². The zero-order valence-corrected chi connectivity index (χ0v) is 22.6. The van der Waals surface area contributed by atoms with Crippen LogP contribution in [0.2, 0.25) is 0 Å². The van der Waals surface area contributed by atoms with Gasteiger partial charge >= 0.3 is 0 Å². The van der Waals surface area contributed by atoms with Crippen molar-refractivity contribution < 1.29 is 9.59 Å². The number of carbonyl (C=O) groups excluding carboxylic acids is 2. The SMILES string of the molecule is CCCN(CC)C1CCN(C(=O)c2ccc(Nc3ccc(C(/C=C\NC)=C/C=O)n4ccnc34)cc2)CC1. The molecule has 38 heavy (non-hydrogen) atoms. The van der Waals surface area contributed by atoms with Gasteiger partial charge in [-0.1, -0.05) is 13.8 Å². The summed E-state index contributed by atoms with van der Waals surface area (Å²) in [4.78, 5) is 33.4. The van der Waals surface area contributed by atoms with Crippen LogP contribution in [0.3, 0.4) is 0 Å². The Bertz CT molecular complexity index is 1290. The number of carbonyl (C=O) groups is 2. The Balaban J connectivity index is 1.44. The van der Waals surface area contributed by atoms with Gasteiger partial charge in [-0.2, -0.15) is 0 Å². The number of hydrogen-bond donors (Lipinski definition) is 2. The largest absolute Gasteiger partial charge is 0.394 e. The molecule has 0 radical (unpaired) electrons. The maximum absolute atomic E-state index is 13.1. The second-order valence-electron chi connectivity index (χ2n) is 9.49. The molecule has 0 saturated carbocycles. The van der Waals surface area contributed by atoms with Gasteiger partial charge in [0.15, 0.2) is 5.65 Å². The minimum Gasteiger partial charge on any atom is -0.394 e. The van der Waals surface area contributed by atoms with Crippen LogP contribution in [0.1, 0.15) is 49.2 Å². The van der Waals surface area contributed by atoms with Gasteiger partial charge in [0.1, 0.15) is 6.29 Å². The van der Waals surface area contributed by atoms with E-state index in [0.29, 0.717) is 11.6 Å². The standard InChI is InChI=1S/C30H38N6O2/c1-4-18-34(5-2)26-13-19-35(20-14-26)30(38)24-6-8-25(9-7-24)33-27-10-11-28(36-21-17-32-29(27)36)23(15-22-37)12-16-31-3/h6-12,15-17,21-22,26,31,33H,4-5,13-14,18-20H2,1-3H3/b16-12-,23-15+. The molecule has 0 bridgehead atoms. The highest BCUT2D eigenvalue weighted by molar-refractivity contribution is 5.95. The number of piperidine rings is 1. The number of anilines is 2. The number of nitrogens with one attached hydrogen (secondary N) is 2. The predicted octanol–water partition coefficient (Wildman–Crippen LogP) is 4.73. The quantitative estimate of drug-likeness (QED) is 0.219. The van der Waals surface area contributed by atoms with E-state index in [1.807, 2.05) is 65.0 Å². The minimum atomic E-state index is 0.0951. The van der Waals surface area contributed by atoms with Gasteiger partial charge in [0.05, 0.1) is 11.4 Å². The fraction of sp³-hybridized carbons (Fsp3) is 0.367. The van der Waals surface area contributed by atoms with Crippen molar-refractivity contribution >= 4 is 34.8 Å². The van der Waals surface area contributed by atoms with Gasteiger partial charge in [-0.3, -0.25) is 14.0 Å². The summed E-state index contributed by atoms with van der Waals surface area (Å²) in [5.41, 5.74) is 4.76. The van der Waals surface area contributed by atoms with Crippen molar-refractivity contribution in [2.45, 2.75) is 39.2 Å². The van der Waals surface area contributed by atoms with Crippen molar-refractivity contribution in [2.24, 2.45) is 0 Å². The van der Waals surface area contributed by atoms with Gasteiger partial charge in [0, 0.05) is 55.4 Å². The molecule has 1 fully saturated rings. The summed E-state index contributed by atoms with van der Waals surface area (Å²) in [6, 6.07) is 12.1. The van der Waals surface area contributed by atoms with E-state index in [1.165, 1.54) is 6.08 Å². The van der Waals surface area contributed by atoms with Gasteiger partial charge in [0.25, 0.3) is 5.91 Å². The summed E-state index contributed by atoms with van der Waals surface area (Å²) in [5.74, 6) is 0.0951. The van der Waals surface area contributed by atoms with E-state index in [2.05, 4.69) is 34.4 Å². The number of aldehydes is 1. The Labute approximate surface area is 225 Å². The Hall–Kier alpha value is -3.91. The summed E-state index contributed by atoms with van der Waals surface area (Å²) >= 11 is 0. The monoisotopic (exact) mass is 514 g/mol. The third-order valence-electron chi connectivity index (χ3n) is 7.12. The lowest BCUT2D eigenvalue weighted by atomic mass is 10.0. The van der Waals surface area contributed by atoms with E-state index in [-0.39, 0.29) is 5.91 Å². The first-order valence-corrected chi connectivity index (χ1v) is 13.5. The number of aromatic nitrogens is 2. The highest BCUT2D eigenvalue weighted by atomic mass is 16.2. The molecule has 0 atom stereocenters. The van der Waals surface area contributed by atoms with Gasteiger partial charge in [0.2, 0.25) is 0 Å². The maximum Gasteiger partial charge on any atom is 0.253 e. The van der Waals surface area contributed by atoms with E-state index in [4.69, 9.17) is 0 Å². The summed E-state index contributed by atoms with van der Waals surface area (Å²) < 4.78 is 1.94. The fourth-order valence-electron chi connectivity index (χ4n) is 5.17. The average Bonchev–Trinajstić information content (AvgIpc) is 3.45. The van der Waals surface area contributed by atoms with Crippen LogP contribution in [0.5, 0.6) is 0 Å². The first-order valence-electron chi connectivity index (χ1n) is 13.5. The molecule has 0 spiro atoms. The van der Waals surface area contributed by atoms with Gasteiger partial charge < -0.3 is 20.4 Å². The molecular weight excluding hydrogens is 476 g/mol. The molecule has 1 aliphatic rings. The molecule has 8 heteroatoms. The molecule has 0 aliphatic carbocycles. The normalized spacial score (nSPS) is 14.9. The predicted molar refractivity (Wildman–Crippen MR) is 154 cm³/mol. The third-order valence-corrected chi connectivity index (χ3v) is 7.12. The molecule has 4 rings (SSSR count). The maximum atomic E-state index is 13.1. The van der Waals surface area contributed by atoms with Crippen LogP contribution < -0.4 is 10.6 Å². The highest BCUT2D eigenvalue weighted by Gasteiger charge is 2.26. The van der Waals surface area contributed by atoms with Crippen LogP contribution in [0.25, 0.3) is 11.2 Å². The summed E-state index contributed by atoms with van der Waals surface area (Å²) in [7, 11) is 1.81. The van der Waals surface area contributed by atoms with E-state index in [9.17, 15) is 9.59 Å². The lowest BCUT2D eigenvalue weighted by molar-refractivity contribution is -0.104.